The van der Waals surface area contributed by atoms with Gasteiger partial charge in [-0.3, -0.25) is 4.90 Å². The standard InChI is InChI=1S/C13H22N2S/c1-11-6-7-13(16-11)10-15(2)9-12-5-3-4-8-14-12/h6-7,12,14H,3-5,8-10H2,1-2H3. The van der Waals surface area contributed by atoms with Crippen LogP contribution in [0.25, 0.3) is 0 Å². The Bertz CT molecular complexity index is 315. The largest absolute Gasteiger partial charge is 0.313 e. The number of nitrogens with zero attached hydrogens (tertiary/aromatic N) is 1. The zero-order chi connectivity index (χ0) is 11.4. The predicted octanol–water partition coefficient (Wildman–Crippen LogP) is 2.63. The molecule has 0 radical (unpaired) electrons. The number of nitrogens with one attached hydrogen (secondary N) is 1. The highest BCUT2D eigenvalue weighted by molar-refractivity contribution is 7.11. The van der Waals surface area contributed by atoms with Crippen molar-refractivity contribution in [2.24, 2.45) is 0 Å². The summed E-state index contributed by atoms with van der Waals surface area (Å²) in [5.41, 5.74) is 0. The summed E-state index contributed by atoms with van der Waals surface area (Å²) in [5, 5.41) is 3.60. The Hall–Kier alpha value is -0.380. The van der Waals surface area contributed by atoms with E-state index < -0.39 is 0 Å². The quantitative estimate of drug-likeness (QED) is 0.867. The second-order valence-corrected chi connectivity index (χ2v) is 6.23. The predicted molar refractivity (Wildman–Crippen MR) is 71.0 cm³/mol. The Morgan fingerprint density at radius 1 is 1.44 bits per heavy atom. The number of rotatable bonds is 4. The van der Waals surface area contributed by atoms with E-state index in [9.17, 15) is 0 Å². The van der Waals surface area contributed by atoms with E-state index in [4.69, 9.17) is 0 Å². The van der Waals surface area contributed by atoms with E-state index in [0.717, 1.165) is 6.54 Å². The molecular formula is C13H22N2S. The zero-order valence-corrected chi connectivity index (χ0v) is 11.1. The molecule has 1 N–H and O–H groups in total. The highest BCUT2D eigenvalue weighted by Crippen LogP contribution is 2.17. The van der Waals surface area contributed by atoms with E-state index in [1.165, 1.54) is 42.1 Å². The van der Waals surface area contributed by atoms with Gasteiger partial charge in [0.25, 0.3) is 0 Å². The van der Waals surface area contributed by atoms with Crippen molar-refractivity contribution >= 4 is 11.3 Å². The van der Waals surface area contributed by atoms with Crippen molar-refractivity contribution in [1.29, 1.82) is 0 Å². The first-order valence-electron chi connectivity index (χ1n) is 6.21. The van der Waals surface area contributed by atoms with Crippen molar-refractivity contribution in [3.63, 3.8) is 0 Å². The van der Waals surface area contributed by atoms with Crippen LogP contribution in [0.2, 0.25) is 0 Å². The van der Waals surface area contributed by atoms with Gasteiger partial charge >= 0.3 is 0 Å². The summed E-state index contributed by atoms with van der Waals surface area (Å²) < 4.78 is 0. The molecule has 2 heterocycles. The van der Waals surface area contributed by atoms with Crippen LogP contribution in [-0.2, 0) is 6.54 Å². The molecule has 0 bridgehead atoms. The van der Waals surface area contributed by atoms with Crippen molar-refractivity contribution in [2.75, 3.05) is 20.1 Å². The van der Waals surface area contributed by atoms with E-state index in [2.05, 4.69) is 36.3 Å². The zero-order valence-electron chi connectivity index (χ0n) is 10.3. The van der Waals surface area contributed by atoms with Crippen molar-refractivity contribution in [1.82, 2.24) is 10.2 Å². The van der Waals surface area contributed by atoms with Gasteiger partial charge in [-0.05, 0) is 45.5 Å². The lowest BCUT2D eigenvalue weighted by atomic mass is 10.0. The number of hydrogen-bond acceptors (Lipinski definition) is 3. The smallest absolute Gasteiger partial charge is 0.0325 e. The average Bonchev–Trinajstić information content (AvgIpc) is 2.65. The number of aryl methyl sites for hydroxylation is 1. The van der Waals surface area contributed by atoms with E-state index in [0.29, 0.717) is 6.04 Å². The second-order valence-electron chi connectivity index (χ2n) is 4.86. The Morgan fingerprint density at radius 2 is 2.31 bits per heavy atom. The number of hydrogen-bond donors (Lipinski definition) is 1. The van der Waals surface area contributed by atoms with Gasteiger partial charge in [-0.25, -0.2) is 0 Å². The maximum absolute atomic E-state index is 3.60. The molecule has 1 aliphatic rings. The summed E-state index contributed by atoms with van der Waals surface area (Å²) in [7, 11) is 2.23. The lowest BCUT2D eigenvalue weighted by Crippen LogP contribution is -2.42. The summed E-state index contributed by atoms with van der Waals surface area (Å²) in [4.78, 5) is 5.34. The van der Waals surface area contributed by atoms with E-state index >= 15 is 0 Å². The Balaban J connectivity index is 1.77. The third-order valence-electron chi connectivity index (χ3n) is 3.17. The Labute approximate surface area is 103 Å². The van der Waals surface area contributed by atoms with E-state index in [-0.39, 0.29) is 0 Å². The molecule has 2 nitrogen and oxygen atoms in total. The van der Waals surface area contributed by atoms with Crippen LogP contribution in [0, 0.1) is 6.92 Å². The van der Waals surface area contributed by atoms with Gasteiger partial charge in [0.15, 0.2) is 0 Å². The molecule has 1 aliphatic heterocycles. The minimum atomic E-state index is 0.708. The minimum Gasteiger partial charge on any atom is -0.313 e. The number of piperidine rings is 1. The van der Waals surface area contributed by atoms with Crippen molar-refractivity contribution in [3.05, 3.63) is 21.9 Å². The lowest BCUT2D eigenvalue weighted by Gasteiger charge is -2.27. The normalized spacial score (nSPS) is 21.6. The summed E-state index contributed by atoms with van der Waals surface area (Å²) in [6.45, 7) is 5.65. The molecule has 1 fully saturated rings. The van der Waals surface area contributed by atoms with Gasteiger partial charge in [-0.15, -0.1) is 11.3 Å². The Kier molecular flexibility index (Phi) is 4.38. The molecule has 1 atom stereocenters. The van der Waals surface area contributed by atoms with E-state index in [1.54, 1.807) is 0 Å². The second kappa shape index (κ2) is 5.80. The molecular weight excluding hydrogens is 216 g/mol. The van der Waals surface area contributed by atoms with Gasteiger partial charge in [-0.1, -0.05) is 6.42 Å². The lowest BCUT2D eigenvalue weighted by molar-refractivity contribution is 0.258. The van der Waals surface area contributed by atoms with Crippen LogP contribution in [0.5, 0.6) is 0 Å². The minimum absolute atomic E-state index is 0.708. The number of likely N-dealkylation sites (N-methyl/N-ethyl adjacent to an activating group) is 1. The molecule has 1 aromatic rings. The molecule has 1 saturated heterocycles. The first-order valence-corrected chi connectivity index (χ1v) is 7.03. The first kappa shape index (κ1) is 12.1. The van der Waals surface area contributed by atoms with Gasteiger partial charge in [0.05, 0.1) is 0 Å². The van der Waals surface area contributed by atoms with Crippen LogP contribution in [0.4, 0.5) is 0 Å². The first-order chi connectivity index (χ1) is 7.74. The van der Waals surface area contributed by atoms with E-state index in [1.807, 2.05) is 11.3 Å². The maximum atomic E-state index is 3.60. The monoisotopic (exact) mass is 238 g/mol. The number of thiophene rings is 1. The van der Waals surface area contributed by atoms with Crippen LogP contribution in [0.3, 0.4) is 0 Å². The van der Waals surface area contributed by atoms with Gasteiger partial charge in [0, 0.05) is 28.9 Å². The maximum Gasteiger partial charge on any atom is 0.0325 e. The summed E-state index contributed by atoms with van der Waals surface area (Å²) in [6, 6.07) is 5.18. The van der Waals surface area contributed by atoms with Crippen LogP contribution in [0.1, 0.15) is 29.0 Å². The summed E-state index contributed by atoms with van der Waals surface area (Å²) >= 11 is 1.92. The van der Waals surface area contributed by atoms with Crippen LogP contribution in [-0.4, -0.2) is 31.1 Å². The molecule has 1 aromatic heterocycles. The highest BCUT2D eigenvalue weighted by atomic mass is 32.1. The Morgan fingerprint density at radius 3 is 2.94 bits per heavy atom. The highest BCUT2D eigenvalue weighted by Gasteiger charge is 2.14. The topological polar surface area (TPSA) is 15.3 Å². The molecule has 0 aliphatic carbocycles. The summed E-state index contributed by atoms with van der Waals surface area (Å²) in [5.74, 6) is 0. The van der Waals surface area contributed by atoms with Crippen LogP contribution < -0.4 is 5.32 Å². The van der Waals surface area contributed by atoms with Crippen LogP contribution in [0.15, 0.2) is 12.1 Å². The van der Waals surface area contributed by atoms with Crippen molar-refractivity contribution in [3.8, 4) is 0 Å². The van der Waals surface area contributed by atoms with Gasteiger partial charge in [0.2, 0.25) is 0 Å². The molecule has 3 heteroatoms. The van der Waals surface area contributed by atoms with Gasteiger partial charge in [0.1, 0.15) is 0 Å². The third kappa shape index (κ3) is 3.58. The molecule has 90 valence electrons. The van der Waals surface area contributed by atoms with Crippen molar-refractivity contribution in [2.45, 2.75) is 38.8 Å². The average molecular weight is 238 g/mol. The molecule has 0 aromatic carbocycles. The van der Waals surface area contributed by atoms with Gasteiger partial charge < -0.3 is 5.32 Å². The molecule has 0 spiro atoms. The molecule has 0 amide bonds. The molecule has 2 rings (SSSR count). The van der Waals surface area contributed by atoms with Crippen LogP contribution >= 0.6 is 11.3 Å². The summed E-state index contributed by atoms with van der Waals surface area (Å²) in [6.07, 6.45) is 4.09. The fourth-order valence-electron chi connectivity index (χ4n) is 2.36. The molecule has 1 unspecified atom stereocenters. The molecule has 16 heavy (non-hydrogen) atoms. The van der Waals surface area contributed by atoms with Crippen molar-refractivity contribution < 1.29 is 0 Å². The molecule has 0 saturated carbocycles. The fraction of sp³-hybridized carbons (Fsp3) is 0.692. The third-order valence-corrected chi connectivity index (χ3v) is 4.15. The fourth-order valence-corrected chi connectivity index (χ4v) is 3.33. The SMILES string of the molecule is Cc1ccc(CN(C)CC2CCCCN2)s1. The van der Waals surface area contributed by atoms with Gasteiger partial charge in [-0.2, -0.15) is 0 Å².